The number of nitrogens with zero attached hydrogens (tertiary/aromatic N) is 3. The fraction of sp³-hybridized carbons (Fsp3) is 0.259. The van der Waals surface area contributed by atoms with Crippen LogP contribution in [0.4, 0.5) is 16.2 Å². The van der Waals surface area contributed by atoms with Crippen LogP contribution in [0.15, 0.2) is 71.7 Å². The number of amidine groups is 1. The number of fused-ring (bicyclic) bond motifs is 2. The molecule has 0 saturated carbocycles. The van der Waals surface area contributed by atoms with Crippen LogP contribution >= 0.6 is 0 Å². The Balaban J connectivity index is 1.40. The predicted molar refractivity (Wildman–Crippen MR) is 135 cm³/mol. The lowest BCUT2D eigenvalue weighted by molar-refractivity contribution is 0.144. The fourth-order valence-electron chi connectivity index (χ4n) is 4.46. The van der Waals surface area contributed by atoms with E-state index in [0.29, 0.717) is 36.8 Å². The van der Waals surface area contributed by atoms with Gasteiger partial charge >= 0.3 is 6.03 Å². The van der Waals surface area contributed by atoms with Crippen molar-refractivity contribution in [1.29, 1.82) is 0 Å². The summed E-state index contributed by atoms with van der Waals surface area (Å²) in [6.07, 6.45) is 0. The van der Waals surface area contributed by atoms with Crippen molar-refractivity contribution in [2.45, 2.75) is 13.0 Å². The van der Waals surface area contributed by atoms with Crippen molar-refractivity contribution in [2.75, 3.05) is 39.2 Å². The first-order chi connectivity index (χ1) is 17.1. The van der Waals surface area contributed by atoms with Gasteiger partial charge in [-0.05, 0) is 49.4 Å². The first-order valence-electron chi connectivity index (χ1n) is 11.6. The monoisotopic (exact) mass is 472 g/mol. The van der Waals surface area contributed by atoms with Gasteiger partial charge in [-0.2, -0.15) is 0 Å². The molecular weight excluding hydrogens is 444 g/mol. The van der Waals surface area contributed by atoms with E-state index >= 15 is 0 Å². The standard InChI is InChI=1S/C27H28N4O4/c1-18-17-30(14-15-31(18)27(32)29-21-8-4-6-10-24(21)34-3)26-20-16-19(33-2)12-13-23(20)35-25-11-7-5-9-22(25)28-26/h4-13,16,18H,14-15,17H2,1-3H3,(H,29,32). The maximum absolute atomic E-state index is 13.1. The third-order valence-electron chi connectivity index (χ3n) is 6.28. The molecule has 180 valence electrons. The van der Waals surface area contributed by atoms with Crippen LogP contribution in [0.3, 0.4) is 0 Å². The summed E-state index contributed by atoms with van der Waals surface area (Å²) in [5, 5.41) is 2.99. The highest BCUT2D eigenvalue weighted by Gasteiger charge is 2.32. The Bertz CT molecular complexity index is 1280. The average Bonchev–Trinajstić information content (AvgIpc) is 3.05. The number of hydrogen-bond acceptors (Lipinski definition) is 6. The van der Waals surface area contributed by atoms with E-state index in [2.05, 4.69) is 10.2 Å². The second-order valence-electron chi connectivity index (χ2n) is 8.49. The number of para-hydroxylation sites is 4. The largest absolute Gasteiger partial charge is 0.497 e. The number of piperazine rings is 1. The molecule has 1 fully saturated rings. The summed E-state index contributed by atoms with van der Waals surface area (Å²) >= 11 is 0. The predicted octanol–water partition coefficient (Wildman–Crippen LogP) is 5.13. The molecular formula is C27H28N4O4. The summed E-state index contributed by atoms with van der Waals surface area (Å²) in [5.41, 5.74) is 2.28. The number of nitrogens with one attached hydrogen (secondary N) is 1. The third-order valence-corrected chi connectivity index (χ3v) is 6.28. The van der Waals surface area contributed by atoms with Gasteiger partial charge in [-0.15, -0.1) is 0 Å². The Labute approximate surface area is 204 Å². The van der Waals surface area contributed by atoms with Crippen LogP contribution in [0, 0.1) is 0 Å². The Morgan fingerprint density at radius 1 is 1.00 bits per heavy atom. The van der Waals surface area contributed by atoms with Crippen molar-refractivity contribution in [2.24, 2.45) is 4.99 Å². The molecule has 0 aliphatic carbocycles. The smallest absolute Gasteiger partial charge is 0.322 e. The number of carbonyl (C=O) groups excluding carboxylic acids is 1. The summed E-state index contributed by atoms with van der Waals surface area (Å²) in [5.74, 6) is 3.59. The second kappa shape index (κ2) is 9.58. The summed E-state index contributed by atoms with van der Waals surface area (Å²) in [4.78, 5) is 22.2. The lowest BCUT2D eigenvalue weighted by Gasteiger charge is -2.41. The zero-order valence-electron chi connectivity index (χ0n) is 20.0. The Kier molecular flexibility index (Phi) is 6.18. The Morgan fingerprint density at radius 2 is 1.80 bits per heavy atom. The van der Waals surface area contributed by atoms with E-state index < -0.39 is 0 Å². The summed E-state index contributed by atoms with van der Waals surface area (Å²) in [7, 11) is 3.24. The van der Waals surface area contributed by atoms with E-state index in [1.54, 1.807) is 14.2 Å². The van der Waals surface area contributed by atoms with Gasteiger partial charge in [0.05, 0.1) is 25.5 Å². The van der Waals surface area contributed by atoms with Crippen LogP contribution in [0.1, 0.15) is 12.5 Å². The minimum absolute atomic E-state index is 0.0466. The van der Waals surface area contributed by atoms with E-state index in [1.807, 2.05) is 78.6 Å². The van der Waals surface area contributed by atoms with Crippen molar-refractivity contribution >= 4 is 23.2 Å². The molecule has 1 unspecified atom stereocenters. The number of carbonyl (C=O) groups is 1. The van der Waals surface area contributed by atoms with E-state index in [0.717, 1.165) is 28.6 Å². The van der Waals surface area contributed by atoms with Crippen molar-refractivity contribution in [3.8, 4) is 23.0 Å². The normalized spacial score (nSPS) is 16.8. The summed E-state index contributed by atoms with van der Waals surface area (Å²) in [6.45, 7) is 3.84. The molecule has 0 aromatic heterocycles. The van der Waals surface area contributed by atoms with E-state index in [-0.39, 0.29) is 12.1 Å². The molecule has 2 amide bonds. The highest BCUT2D eigenvalue weighted by Crippen LogP contribution is 2.39. The number of rotatable bonds is 3. The molecule has 0 bridgehead atoms. The maximum Gasteiger partial charge on any atom is 0.322 e. The van der Waals surface area contributed by atoms with Crippen molar-refractivity contribution in [3.63, 3.8) is 0 Å². The van der Waals surface area contributed by atoms with Gasteiger partial charge in [-0.3, -0.25) is 0 Å². The number of hydrogen-bond donors (Lipinski definition) is 1. The molecule has 35 heavy (non-hydrogen) atoms. The molecule has 0 spiro atoms. The van der Waals surface area contributed by atoms with E-state index in [1.165, 1.54) is 0 Å². The molecule has 3 aromatic carbocycles. The fourth-order valence-corrected chi connectivity index (χ4v) is 4.46. The van der Waals surface area contributed by atoms with Gasteiger partial charge in [0.15, 0.2) is 5.75 Å². The molecule has 3 aromatic rings. The molecule has 2 heterocycles. The topological polar surface area (TPSA) is 75.6 Å². The van der Waals surface area contributed by atoms with Crippen LogP contribution in [-0.2, 0) is 0 Å². The van der Waals surface area contributed by atoms with Crippen molar-refractivity contribution in [3.05, 3.63) is 72.3 Å². The van der Waals surface area contributed by atoms with Gasteiger partial charge in [0.2, 0.25) is 0 Å². The number of methoxy groups -OCH3 is 2. The molecule has 1 saturated heterocycles. The average molecular weight is 473 g/mol. The highest BCUT2D eigenvalue weighted by molar-refractivity contribution is 6.04. The molecule has 2 aliphatic rings. The maximum atomic E-state index is 13.1. The second-order valence-corrected chi connectivity index (χ2v) is 8.49. The third kappa shape index (κ3) is 4.47. The minimum Gasteiger partial charge on any atom is -0.497 e. The SMILES string of the molecule is COc1ccc2c(c1)C(N1CCN(C(=O)Nc3ccccc3OC)C(C)C1)=Nc1ccccc1O2. The van der Waals surface area contributed by atoms with Gasteiger partial charge in [-0.25, -0.2) is 9.79 Å². The Morgan fingerprint density at radius 3 is 2.60 bits per heavy atom. The lowest BCUT2D eigenvalue weighted by atomic mass is 10.1. The molecule has 8 nitrogen and oxygen atoms in total. The number of amides is 2. The van der Waals surface area contributed by atoms with Crippen molar-refractivity contribution < 1.29 is 19.0 Å². The molecule has 8 heteroatoms. The molecule has 0 radical (unpaired) electrons. The molecule has 1 atom stereocenters. The van der Waals surface area contributed by atoms with Crippen molar-refractivity contribution in [1.82, 2.24) is 9.80 Å². The van der Waals surface area contributed by atoms with Gasteiger partial charge < -0.3 is 29.3 Å². The molecule has 2 aliphatic heterocycles. The van der Waals surface area contributed by atoms with Gasteiger partial charge in [-0.1, -0.05) is 24.3 Å². The quantitative estimate of drug-likeness (QED) is 0.572. The van der Waals surface area contributed by atoms with Gasteiger partial charge in [0.25, 0.3) is 0 Å². The van der Waals surface area contributed by atoms with Crippen LogP contribution in [-0.4, -0.2) is 61.6 Å². The molecule has 1 N–H and O–H groups in total. The Hall–Kier alpha value is -4.20. The summed E-state index contributed by atoms with van der Waals surface area (Å²) in [6, 6.07) is 20.7. The number of urea groups is 1. The first kappa shape index (κ1) is 22.6. The number of benzene rings is 3. The van der Waals surface area contributed by atoms with Crippen LogP contribution in [0.5, 0.6) is 23.0 Å². The van der Waals surface area contributed by atoms with Gasteiger partial charge in [0, 0.05) is 25.7 Å². The van der Waals surface area contributed by atoms with Gasteiger partial charge in [0.1, 0.15) is 28.8 Å². The van der Waals surface area contributed by atoms with E-state index in [4.69, 9.17) is 19.2 Å². The molecule has 5 rings (SSSR count). The van der Waals surface area contributed by atoms with Crippen LogP contribution in [0.2, 0.25) is 0 Å². The highest BCUT2D eigenvalue weighted by atomic mass is 16.5. The first-order valence-corrected chi connectivity index (χ1v) is 11.6. The number of aliphatic imine (C=N–C) groups is 1. The lowest BCUT2D eigenvalue weighted by Crippen LogP contribution is -2.56. The van der Waals surface area contributed by atoms with Crippen LogP contribution < -0.4 is 19.5 Å². The van der Waals surface area contributed by atoms with Crippen LogP contribution in [0.25, 0.3) is 0 Å². The number of ether oxygens (including phenoxy) is 3. The number of anilines is 1. The van der Waals surface area contributed by atoms with E-state index in [9.17, 15) is 4.79 Å². The summed E-state index contributed by atoms with van der Waals surface area (Å²) < 4.78 is 17.1. The minimum atomic E-state index is -0.153. The zero-order valence-corrected chi connectivity index (χ0v) is 20.0. The zero-order chi connectivity index (χ0) is 24.4.